The third-order valence-corrected chi connectivity index (χ3v) is 4.31. The Balaban J connectivity index is 2.42. The molecular formula is C18H21FIN. The van der Waals surface area contributed by atoms with Crippen molar-refractivity contribution in [1.29, 1.82) is 0 Å². The molecule has 0 amide bonds. The van der Waals surface area contributed by atoms with Gasteiger partial charge in [0, 0.05) is 3.57 Å². The van der Waals surface area contributed by atoms with Crippen LogP contribution in [0.3, 0.4) is 0 Å². The van der Waals surface area contributed by atoms with Crippen LogP contribution in [0.1, 0.15) is 41.6 Å². The third kappa shape index (κ3) is 4.04. The summed E-state index contributed by atoms with van der Waals surface area (Å²) < 4.78 is 15.1. The van der Waals surface area contributed by atoms with Gasteiger partial charge in [0.1, 0.15) is 5.82 Å². The highest BCUT2D eigenvalue weighted by Gasteiger charge is 2.15. The smallest absolute Gasteiger partial charge is 0.129 e. The molecule has 0 heterocycles. The lowest BCUT2D eigenvalue weighted by Crippen LogP contribution is -2.23. The van der Waals surface area contributed by atoms with Gasteiger partial charge in [-0.1, -0.05) is 31.2 Å². The topological polar surface area (TPSA) is 12.0 Å². The summed E-state index contributed by atoms with van der Waals surface area (Å²) in [5.74, 6) is -0.101. The standard InChI is InChI=1S/C18H21FIN/c1-4-9-21-18(14-5-7-16(20)8-6-14)15-10-12(2)17(19)13(3)11-15/h5-8,10-11,18,21H,4,9H2,1-3H3. The minimum absolute atomic E-state index is 0.101. The molecule has 2 rings (SSSR count). The van der Waals surface area contributed by atoms with E-state index in [1.54, 1.807) is 0 Å². The van der Waals surface area contributed by atoms with Crippen molar-refractivity contribution < 1.29 is 4.39 Å². The summed E-state index contributed by atoms with van der Waals surface area (Å²) in [6, 6.07) is 12.5. The van der Waals surface area contributed by atoms with E-state index in [1.165, 1.54) is 9.13 Å². The van der Waals surface area contributed by atoms with Crippen molar-refractivity contribution in [3.05, 3.63) is 68.0 Å². The van der Waals surface area contributed by atoms with E-state index < -0.39 is 0 Å². The molecule has 0 aromatic heterocycles. The Hall–Kier alpha value is -0.940. The van der Waals surface area contributed by atoms with Gasteiger partial charge in [0.2, 0.25) is 0 Å². The Morgan fingerprint density at radius 2 is 1.62 bits per heavy atom. The molecular weight excluding hydrogens is 376 g/mol. The quantitative estimate of drug-likeness (QED) is 0.690. The summed E-state index contributed by atoms with van der Waals surface area (Å²) in [4.78, 5) is 0. The Labute approximate surface area is 140 Å². The molecule has 0 aliphatic carbocycles. The van der Waals surface area contributed by atoms with Crippen LogP contribution in [0, 0.1) is 23.2 Å². The first kappa shape index (κ1) is 16.4. The monoisotopic (exact) mass is 397 g/mol. The van der Waals surface area contributed by atoms with E-state index in [0.717, 1.165) is 18.5 Å². The van der Waals surface area contributed by atoms with Crippen molar-refractivity contribution in [2.24, 2.45) is 0 Å². The first-order valence-corrected chi connectivity index (χ1v) is 8.36. The number of hydrogen-bond donors (Lipinski definition) is 1. The lowest BCUT2D eigenvalue weighted by Gasteiger charge is -2.21. The van der Waals surface area contributed by atoms with Crippen molar-refractivity contribution in [2.75, 3.05) is 6.54 Å². The second-order valence-electron chi connectivity index (χ2n) is 5.41. The molecule has 3 heteroatoms. The largest absolute Gasteiger partial charge is 0.306 e. The van der Waals surface area contributed by atoms with Gasteiger partial charge in [-0.25, -0.2) is 4.39 Å². The predicted octanol–water partition coefficient (Wildman–Crippen LogP) is 5.14. The molecule has 0 aliphatic heterocycles. The van der Waals surface area contributed by atoms with Gasteiger partial charge in [0.15, 0.2) is 0 Å². The van der Waals surface area contributed by atoms with Gasteiger partial charge < -0.3 is 5.32 Å². The average molecular weight is 397 g/mol. The van der Waals surface area contributed by atoms with Gasteiger partial charge in [0.05, 0.1) is 6.04 Å². The molecule has 0 radical (unpaired) electrons. The predicted molar refractivity (Wildman–Crippen MR) is 95.2 cm³/mol. The molecule has 0 spiro atoms. The first-order valence-electron chi connectivity index (χ1n) is 7.28. The summed E-state index contributed by atoms with van der Waals surface area (Å²) in [5.41, 5.74) is 3.76. The van der Waals surface area contributed by atoms with E-state index in [1.807, 2.05) is 26.0 Å². The number of halogens is 2. The van der Waals surface area contributed by atoms with E-state index in [2.05, 4.69) is 59.1 Å². The van der Waals surface area contributed by atoms with Crippen molar-refractivity contribution in [2.45, 2.75) is 33.2 Å². The minimum Gasteiger partial charge on any atom is -0.306 e. The first-order chi connectivity index (χ1) is 10.0. The molecule has 21 heavy (non-hydrogen) atoms. The van der Waals surface area contributed by atoms with Crippen molar-refractivity contribution in [3.63, 3.8) is 0 Å². The minimum atomic E-state index is -0.101. The van der Waals surface area contributed by atoms with Crippen LogP contribution in [-0.2, 0) is 0 Å². The van der Waals surface area contributed by atoms with E-state index in [-0.39, 0.29) is 11.9 Å². The van der Waals surface area contributed by atoms with Crippen molar-refractivity contribution >= 4 is 22.6 Å². The van der Waals surface area contributed by atoms with Gasteiger partial charge in [-0.3, -0.25) is 0 Å². The fourth-order valence-electron chi connectivity index (χ4n) is 2.52. The zero-order valence-corrected chi connectivity index (χ0v) is 14.9. The van der Waals surface area contributed by atoms with Gasteiger partial charge in [-0.05, 0) is 83.8 Å². The highest BCUT2D eigenvalue weighted by molar-refractivity contribution is 14.1. The fraction of sp³-hybridized carbons (Fsp3) is 0.333. The summed E-state index contributed by atoms with van der Waals surface area (Å²) >= 11 is 2.31. The molecule has 0 bridgehead atoms. The summed E-state index contributed by atoms with van der Waals surface area (Å²) in [6.07, 6.45) is 1.07. The van der Waals surface area contributed by atoms with E-state index in [9.17, 15) is 4.39 Å². The van der Waals surface area contributed by atoms with Gasteiger partial charge in [0.25, 0.3) is 0 Å². The third-order valence-electron chi connectivity index (χ3n) is 3.59. The molecule has 2 aromatic carbocycles. The SMILES string of the molecule is CCCNC(c1ccc(I)cc1)c1cc(C)c(F)c(C)c1. The van der Waals surface area contributed by atoms with Crippen LogP contribution in [0.2, 0.25) is 0 Å². The molecule has 1 atom stereocenters. The summed E-state index contributed by atoms with van der Waals surface area (Å²) in [7, 11) is 0. The van der Waals surface area contributed by atoms with Crippen molar-refractivity contribution in [1.82, 2.24) is 5.32 Å². The highest BCUT2D eigenvalue weighted by Crippen LogP contribution is 2.26. The zero-order valence-electron chi connectivity index (χ0n) is 12.7. The number of rotatable bonds is 5. The number of nitrogens with one attached hydrogen (secondary N) is 1. The van der Waals surface area contributed by atoms with E-state index in [0.29, 0.717) is 11.1 Å². The molecule has 112 valence electrons. The van der Waals surface area contributed by atoms with Gasteiger partial charge in [-0.15, -0.1) is 0 Å². The maximum atomic E-state index is 13.9. The summed E-state index contributed by atoms with van der Waals surface area (Å²) in [5, 5.41) is 3.57. The fourth-order valence-corrected chi connectivity index (χ4v) is 2.88. The number of hydrogen-bond acceptors (Lipinski definition) is 1. The second kappa shape index (κ2) is 7.36. The van der Waals surface area contributed by atoms with Crippen molar-refractivity contribution in [3.8, 4) is 0 Å². The highest BCUT2D eigenvalue weighted by atomic mass is 127. The van der Waals surface area contributed by atoms with E-state index >= 15 is 0 Å². The van der Waals surface area contributed by atoms with Crippen LogP contribution in [0.25, 0.3) is 0 Å². The Morgan fingerprint density at radius 3 is 2.14 bits per heavy atom. The normalized spacial score (nSPS) is 12.4. The van der Waals surface area contributed by atoms with Crippen LogP contribution in [-0.4, -0.2) is 6.54 Å². The maximum Gasteiger partial charge on any atom is 0.129 e. The lowest BCUT2D eigenvalue weighted by molar-refractivity contribution is 0.586. The summed E-state index contributed by atoms with van der Waals surface area (Å²) in [6.45, 7) is 6.75. The second-order valence-corrected chi connectivity index (χ2v) is 6.65. The molecule has 0 fully saturated rings. The molecule has 1 N–H and O–H groups in total. The molecule has 0 saturated heterocycles. The number of aryl methyl sites for hydroxylation is 2. The van der Waals surface area contributed by atoms with Crippen LogP contribution >= 0.6 is 22.6 Å². The van der Waals surface area contributed by atoms with Crippen LogP contribution < -0.4 is 5.32 Å². The van der Waals surface area contributed by atoms with Crippen LogP contribution in [0.4, 0.5) is 4.39 Å². The maximum absolute atomic E-state index is 13.9. The molecule has 0 aliphatic rings. The molecule has 1 unspecified atom stereocenters. The molecule has 2 aromatic rings. The Kier molecular flexibility index (Phi) is 5.76. The van der Waals surface area contributed by atoms with Crippen LogP contribution in [0.5, 0.6) is 0 Å². The molecule has 1 nitrogen and oxygen atoms in total. The van der Waals surface area contributed by atoms with Gasteiger partial charge >= 0.3 is 0 Å². The van der Waals surface area contributed by atoms with E-state index in [4.69, 9.17) is 0 Å². The molecule has 0 saturated carbocycles. The number of benzene rings is 2. The van der Waals surface area contributed by atoms with Gasteiger partial charge in [-0.2, -0.15) is 0 Å². The van der Waals surface area contributed by atoms with Crippen LogP contribution in [0.15, 0.2) is 36.4 Å². The zero-order chi connectivity index (χ0) is 15.4. The Morgan fingerprint density at radius 1 is 1.05 bits per heavy atom. The average Bonchev–Trinajstić information content (AvgIpc) is 2.46. The lowest BCUT2D eigenvalue weighted by atomic mass is 9.95. The Bertz CT molecular complexity index is 584.